The maximum atomic E-state index is 13.3. The minimum absolute atomic E-state index is 0.136. The number of carbonyl (C=O) groups is 1. The third-order valence-corrected chi connectivity index (χ3v) is 4.70. The molecule has 3 rings (SSSR count). The smallest absolute Gasteiger partial charge is 0.230 e. The molecule has 2 heterocycles. The van der Waals surface area contributed by atoms with Crippen LogP contribution in [0, 0.1) is 11.7 Å². The van der Waals surface area contributed by atoms with Crippen molar-refractivity contribution in [1.82, 2.24) is 9.88 Å². The molecule has 0 bridgehead atoms. The van der Waals surface area contributed by atoms with Crippen LogP contribution in [0.15, 0.2) is 48.8 Å². The van der Waals surface area contributed by atoms with Crippen LogP contribution in [-0.2, 0) is 11.2 Å². The highest BCUT2D eigenvalue weighted by Gasteiger charge is 2.29. The summed E-state index contributed by atoms with van der Waals surface area (Å²) in [6, 6.07) is 10.2. The van der Waals surface area contributed by atoms with Crippen LogP contribution in [-0.4, -0.2) is 28.9 Å². The predicted octanol–water partition coefficient (Wildman–Crippen LogP) is 3.81. The normalized spacial score (nSPS) is 19.1. The van der Waals surface area contributed by atoms with E-state index in [1.54, 1.807) is 24.5 Å². The molecule has 1 amide bonds. The largest absolute Gasteiger partial charge is 0.342 e. The highest BCUT2D eigenvalue weighted by atomic mass is 19.1. The van der Waals surface area contributed by atoms with Crippen molar-refractivity contribution in [3.8, 4) is 0 Å². The van der Waals surface area contributed by atoms with E-state index in [0.717, 1.165) is 30.6 Å². The van der Waals surface area contributed by atoms with E-state index in [-0.39, 0.29) is 17.6 Å². The summed E-state index contributed by atoms with van der Waals surface area (Å²) in [5.41, 5.74) is 1.88. The van der Waals surface area contributed by atoms with Crippen molar-refractivity contribution in [3.05, 3.63) is 65.7 Å². The zero-order chi connectivity index (χ0) is 16.9. The Morgan fingerprint density at radius 3 is 2.79 bits per heavy atom. The van der Waals surface area contributed by atoms with E-state index in [2.05, 4.69) is 11.9 Å². The molecule has 126 valence electrons. The number of amides is 1. The van der Waals surface area contributed by atoms with Gasteiger partial charge >= 0.3 is 0 Å². The summed E-state index contributed by atoms with van der Waals surface area (Å²) in [4.78, 5) is 19.3. The van der Waals surface area contributed by atoms with Gasteiger partial charge in [-0.1, -0.05) is 25.1 Å². The molecule has 24 heavy (non-hydrogen) atoms. The maximum Gasteiger partial charge on any atom is 0.230 e. The summed E-state index contributed by atoms with van der Waals surface area (Å²) in [7, 11) is 0. The van der Waals surface area contributed by atoms with E-state index in [9.17, 15) is 9.18 Å². The number of aromatic nitrogens is 1. The molecule has 4 heteroatoms. The SMILES string of the molecule is CC1CCCN(C(=O)C(Cc2cccnc2)c2ccc(F)cc2)C1. The van der Waals surface area contributed by atoms with Crippen LogP contribution in [0.25, 0.3) is 0 Å². The van der Waals surface area contributed by atoms with Crippen LogP contribution in [0.3, 0.4) is 0 Å². The Kier molecular flexibility index (Phi) is 5.24. The lowest BCUT2D eigenvalue weighted by Crippen LogP contribution is -2.42. The molecular weight excluding hydrogens is 303 g/mol. The van der Waals surface area contributed by atoms with Gasteiger partial charge in [0.25, 0.3) is 0 Å². The molecule has 2 unspecified atom stereocenters. The molecule has 1 aromatic heterocycles. The summed E-state index contributed by atoms with van der Waals surface area (Å²) in [6.07, 6.45) is 6.33. The van der Waals surface area contributed by atoms with E-state index in [4.69, 9.17) is 0 Å². The highest BCUT2D eigenvalue weighted by Crippen LogP contribution is 2.26. The topological polar surface area (TPSA) is 33.2 Å². The first-order chi connectivity index (χ1) is 11.6. The summed E-state index contributed by atoms with van der Waals surface area (Å²) < 4.78 is 13.3. The summed E-state index contributed by atoms with van der Waals surface area (Å²) in [6.45, 7) is 3.81. The van der Waals surface area contributed by atoms with E-state index in [1.807, 2.05) is 17.0 Å². The maximum absolute atomic E-state index is 13.3. The van der Waals surface area contributed by atoms with Gasteiger partial charge in [-0.05, 0) is 54.5 Å². The van der Waals surface area contributed by atoms with Crippen LogP contribution < -0.4 is 0 Å². The fourth-order valence-corrected chi connectivity index (χ4v) is 3.41. The van der Waals surface area contributed by atoms with Crippen LogP contribution in [0.1, 0.15) is 36.8 Å². The molecule has 1 aromatic carbocycles. The second-order valence-electron chi connectivity index (χ2n) is 6.70. The number of pyridine rings is 1. The number of benzene rings is 1. The lowest BCUT2D eigenvalue weighted by atomic mass is 9.89. The van der Waals surface area contributed by atoms with E-state index < -0.39 is 0 Å². The van der Waals surface area contributed by atoms with Crippen LogP contribution in [0.5, 0.6) is 0 Å². The van der Waals surface area contributed by atoms with Gasteiger partial charge in [-0.25, -0.2) is 4.39 Å². The first-order valence-corrected chi connectivity index (χ1v) is 8.56. The molecule has 1 aliphatic heterocycles. The number of likely N-dealkylation sites (tertiary alicyclic amines) is 1. The molecule has 0 saturated carbocycles. The summed E-state index contributed by atoms with van der Waals surface area (Å²) >= 11 is 0. The minimum Gasteiger partial charge on any atom is -0.342 e. The molecular formula is C20H23FN2O. The van der Waals surface area contributed by atoms with Gasteiger partial charge in [-0.2, -0.15) is 0 Å². The summed E-state index contributed by atoms with van der Waals surface area (Å²) in [5.74, 6) is 0.102. The molecule has 1 aliphatic rings. The third kappa shape index (κ3) is 3.99. The Balaban J connectivity index is 1.86. The van der Waals surface area contributed by atoms with E-state index in [1.165, 1.54) is 18.6 Å². The number of halogens is 1. The van der Waals surface area contributed by atoms with Gasteiger partial charge in [-0.3, -0.25) is 9.78 Å². The predicted molar refractivity (Wildman–Crippen MR) is 92.1 cm³/mol. The Morgan fingerprint density at radius 1 is 1.33 bits per heavy atom. The Labute approximate surface area is 142 Å². The quantitative estimate of drug-likeness (QED) is 0.856. The minimum atomic E-state index is -0.292. The van der Waals surface area contributed by atoms with E-state index in [0.29, 0.717) is 12.3 Å². The highest BCUT2D eigenvalue weighted by molar-refractivity contribution is 5.84. The van der Waals surface area contributed by atoms with Crippen molar-refractivity contribution in [2.24, 2.45) is 5.92 Å². The van der Waals surface area contributed by atoms with E-state index >= 15 is 0 Å². The van der Waals surface area contributed by atoms with Gasteiger partial charge in [0, 0.05) is 25.5 Å². The van der Waals surface area contributed by atoms with Crippen molar-refractivity contribution in [3.63, 3.8) is 0 Å². The number of carbonyl (C=O) groups excluding carboxylic acids is 1. The average molecular weight is 326 g/mol. The van der Waals surface area contributed by atoms with Gasteiger partial charge in [0.1, 0.15) is 5.82 Å². The molecule has 0 spiro atoms. The Bertz CT molecular complexity index is 672. The fraction of sp³-hybridized carbons (Fsp3) is 0.400. The Morgan fingerprint density at radius 2 is 2.12 bits per heavy atom. The molecule has 0 radical (unpaired) electrons. The standard InChI is InChI=1S/C20H23FN2O/c1-15-4-3-11-23(14-15)20(24)19(12-16-5-2-10-22-13-16)17-6-8-18(21)9-7-17/h2,5-10,13,15,19H,3-4,11-12,14H2,1H3. The van der Waals surface area contributed by atoms with Gasteiger partial charge in [0.15, 0.2) is 0 Å². The van der Waals surface area contributed by atoms with Crippen molar-refractivity contribution >= 4 is 5.91 Å². The number of rotatable bonds is 4. The Hall–Kier alpha value is -2.23. The van der Waals surface area contributed by atoms with Crippen LogP contribution in [0.2, 0.25) is 0 Å². The molecule has 2 aromatic rings. The molecule has 1 saturated heterocycles. The monoisotopic (exact) mass is 326 g/mol. The van der Waals surface area contributed by atoms with Crippen LogP contribution in [0.4, 0.5) is 4.39 Å². The van der Waals surface area contributed by atoms with Crippen LogP contribution >= 0.6 is 0 Å². The first kappa shape index (κ1) is 16.6. The van der Waals surface area contributed by atoms with Crippen molar-refractivity contribution < 1.29 is 9.18 Å². The number of hydrogen-bond donors (Lipinski definition) is 0. The molecule has 0 N–H and O–H groups in total. The third-order valence-electron chi connectivity index (χ3n) is 4.70. The van der Waals surface area contributed by atoms with Crippen molar-refractivity contribution in [2.45, 2.75) is 32.1 Å². The lowest BCUT2D eigenvalue weighted by Gasteiger charge is -2.34. The van der Waals surface area contributed by atoms with Gasteiger partial charge in [0.05, 0.1) is 5.92 Å². The van der Waals surface area contributed by atoms with Gasteiger partial charge < -0.3 is 4.90 Å². The van der Waals surface area contributed by atoms with Crippen molar-refractivity contribution in [2.75, 3.05) is 13.1 Å². The molecule has 3 nitrogen and oxygen atoms in total. The lowest BCUT2D eigenvalue weighted by molar-refractivity contribution is -0.134. The van der Waals surface area contributed by atoms with Gasteiger partial charge in [-0.15, -0.1) is 0 Å². The zero-order valence-corrected chi connectivity index (χ0v) is 14.0. The first-order valence-electron chi connectivity index (χ1n) is 8.56. The molecule has 0 aliphatic carbocycles. The summed E-state index contributed by atoms with van der Waals surface area (Å²) in [5, 5.41) is 0. The zero-order valence-electron chi connectivity index (χ0n) is 14.0. The average Bonchev–Trinajstić information content (AvgIpc) is 2.61. The molecule has 2 atom stereocenters. The molecule has 1 fully saturated rings. The number of hydrogen-bond acceptors (Lipinski definition) is 2. The van der Waals surface area contributed by atoms with Gasteiger partial charge in [0.2, 0.25) is 5.91 Å². The second-order valence-corrected chi connectivity index (χ2v) is 6.70. The second kappa shape index (κ2) is 7.56. The number of nitrogens with zero attached hydrogens (tertiary/aromatic N) is 2. The number of piperidine rings is 1. The fourth-order valence-electron chi connectivity index (χ4n) is 3.41. The van der Waals surface area contributed by atoms with Crippen molar-refractivity contribution in [1.29, 1.82) is 0 Å².